The van der Waals surface area contributed by atoms with Crippen LogP contribution in [0.2, 0.25) is 0 Å². The van der Waals surface area contributed by atoms with Gasteiger partial charge in [0, 0.05) is 18.8 Å². The van der Waals surface area contributed by atoms with E-state index in [4.69, 9.17) is 5.26 Å². The Morgan fingerprint density at radius 1 is 1.27 bits per heavy atom. The minimum absolute atomic E-state index is 0.464. The minimum atomic E-state index is 0.464. The second-order valence-corrected chi connectivity index (χ2v) is 5.02. The molecule has 0 bridgehead atoms. The third-order valence-electron chi connectivity index (χ3n) is 2.82. The van der Waals surface area contributed by atoms with Crippen molar-refractivity contribution in [1.82, 2.24) is 0 Å². The highest BCUT2D eigenvalue weighted by Crippen LogP contribution is 2.33. The van der Waals surface area contributed by atoms with E-state index in [2.05, 4.69) is 36.9 Å². The number of benzene rings is 1. The van der Waals surface area contributed by atoms with E-state index in [9.17, 15) is 0 Å². The lowest BCUT2D eigenvalue weighted by molar-refractivity contribution is 0.276. The molecule has 1 aromatic rings. The van der Waals surface area contributed by atoms with E-state index >= 15 is 0 Å². The fourth-order valence-electron chi connectivity index (χ4n) is 2.09. The summed E-state index contributed by atoms with van der Waals surface area (Å²) in [6, 6.07) is 10.5. The summed E-state index contributed by atoms with van der Waals surface area (Å²) in [6.45, 7) is 6.83. The van der Waals surface area contributed by atoms with Crippen LogP contribution in [-0.2, 0) is 6.42 Å². The Bertz CT molecular complexity index is 376. The molecule has 15 heavy (non-hydrogen) atoms. The van der Waals surface area contributed by atoms with Crippen LogP contribution in [-0.4, -0.2) is 13.1 Å². The normalized spacial score (nSPS) is 18.1. The average molecular weight is 200 g/mol. The van der Waals surface area contributed by atoms with Gasteiger partial charge in [-0.25, -0.2) is 0 Å². The maximum absolute atomic E-state index is 8.56. The number of hydrogen-bond acceptors (Lipinski definition) is 2. The molecule has 1 aliphatic heterocycles. The van der Waals surface area contributed by atoms with Crippen LogP contribution in [0, 0.1) is 16.7 Å². The summed E-state index contributed by atoms with van der Waals surface area (Å²) in [4.78, 5) is 2.37. The van der Waals surface area contributed by atoms with Gasteiger partial charge in [0.1, 0.15) is 0 Å². The number of rotatable bonds is 2. The van der Waals surface area contributed by atoms with Gasteiger partial charge in [-0.3, -0.25) is 0 Å². The lowest BCUT2D eigenvalue weighted by Crippen LogP contribution is -2.53. The van der Waals surface area contributed by atoms with Crippen molar-refractivity contribution in [2.45, 2.75) is 20.3 Å². The van der Waals surface area contributed by atoms with Crippen LogP contribution in [0.5, 0.6) is 0 Å². The number of anilines is 1. The van der Waals surface area contributed by atoms with Gasteiger partial charge in [-0.05, 0) is 23.1 Å². The van der Waals surface area contributed by atoms with Gasteiger partial charge in [0.25, 0.3) is 0 Å². The van der Waals surface area contributed by atoms with E-state index in [-0.39, 0.29) is 0 Å². The van der Waals surface area contributed by atoms with Gasteiger partial charge in [0.15, 0.2) is 0 Å². The van der Waals surface area contributed by atoms with Crippen LogP contribution in [0.3, 0.4) is 0 Å². The fourth-order valence-corrected chi connectivity index (χ4v) is 2.09. The van der Waals surface area contributed by atoms with Crippen LogP contribution >= 0.6 is 0 Å². The monoisotopic (exact) mass is 200 g/mol. The lowest BCUT2D eigenvalue weighted by Gasteiger charge is -2.47. The predicted molar refractivity (Wildman–Crippen MR) is 61.8 cm³/mol. The number of nitriles is 1. The van der Waals surface area contributed by atoms with Crippen LogP contribution in [0.4, 0.5) is 5.69 Å². The van der Waals surface area contributed by atoms with E-state index in [1.54, 1.807) is 0 Å². The minimum Gasteiger partial charge on any atom is -0.370 e. The van der Waals surface area contributed by atoms with Gasteiger partial charge in [-0.2, -0.15) is 5.26 Å². The Morgan fingerprint density at radius 2 is 1.87 bits per heavy atom. The molecule has 0 atom stereocenters. The van der Waals surface area contributed by atoms with Crippen molar-refractivity contribution in [3.8, 4) is 6.07 Å². The van der Waals surface area contributed by atoms with Gasteiger partial charge in [-0.1, -0.05) is 26.0 Å². The Balaban J connectivity index is 2.03. The molecule has 1 aliphatic rings. The van der Waals surface area contributed by atoms with Crippen LogP contribution < -0.4 is 4.90 Å². The van der Waals surface area contributed by atoms with Crippen molar-refractivity contribution in [2.75, 3.05) is 18.0 Å². The predicted octanol–water partition coefficient (Wildman–Crippen LogP) is 2.60. The van der Waals surface area contributed by atoms with Crippen molar-refractivity contribution in [3.63, 3.8) is 0 Å². The Hall–Kier alpha value is -1.49. The Morgan fingerprint density at radius 3 is 2.33 bits per heavy atom. The highest BCUT2D eigenvalue weighted by molar-refractivity contribution is 5.50. The first-order valence-electron chi connectivity index (χ1n) is 5.32. The molecule has 1 heterocycles. The highest BCUT2D eigenvalue weighted by atomic mass is 15.2. The first kappa shape index (κ1) is 10.0. The topological polar surface area (TPSA) is 27.0 Å². The summed E-state index contributed by atoms with van der Waals surface area (Å²) in [7, 11) is 0. The molecule has 2 heteroatoms. The van der Waals surface area contributed by atoms with Crippen LogP contribution in [0.25, 0.3) is 0 Å². The highest BCUT2D eigenvalue weighted by Gasteiger charge is 2.33. The smallest absolute Gasteiger partial charge is 0.0669 e. The molecule has 0 radical (unpaired) electrons. The number of nitrogens with zero attached hydrogens (tertiary/aromatic N) is 2. The SMILES string of the molecule is CC1(C)CN(c2ccc(CC#N)cc2)C1. The summed E-state index contributed by atoms with van der Waals surface area (Å²) in [5.41, 5.74) is 2.84. The average Bonchev–Trinajstić information content (AvgIpc) is 2.16. The van der Waals surface area contributed by atoms with Crippen molar-refractivity contribution < 1.29 is 0 Å². The summed E-state index contributed by atoms with van der Waals surface area (Å²) in [6.07, 6.45) is 0.506. The molecule has 0 amide bonds. The summed E-state index contributed by atoms with van der Waals surface area (Å²) >= 11 is 0. The number of hydrogen-bond donors (Lipinski definition) is 0. The molecule has 1 saturated heterocycles. The molecule has 2 nitrogen and oxygen atoms in total. The first-order valence-corrected chi connectivity index (χ1v) is 5.32. The zero-order valence-electron chi connectivity index (χ0n) is 9.33. The van der Waals surface area contributed by atoms with E-state index in [0.29, 0.717) is 11.8 Å². The van der Waals surface area contributed by atoms with Gasteiger partial charge >= 0.3 is 0 Å². The quantitative estimate of drug-likeness (QED) is 0.733. The van der Waals surface area contributed by atoms with Crippen molar-refractivity contribution in [3.05, 3.63) is 29.8 Å². The summed E-state index contributed by atoms with van der Waals surface area (Å²) in [5.74, 6) is 0. The lowest BCUT2D eigenvalue weighted by atomic mass is 9.84. The molecule has 0 aromatic heterocycles. The molecule has 0 unspecified atom stereocenters. The van der Waals surface area contributed by atoms with Crippen LogP contribution in [0.1, 0.15) is 19.4 Å². The molecule has 0 aliphatic carbocycles. The van der Waals surface area contributed by atoms with E-state index < -0.39 is 0 Å². The third-order valence-corrected chi connectivity index (χ3v) is 2.82. The van der Waals surface area contributed by atoms with Crippen molar-refractivity contribution in [2.24, 2.45) is 5.41 Å². The zero-order valence-corrected chi connectivity index (χ0v) is 9.33. The first-order chi connectivity index (χ1) is 7.11. The van der Waals surface area contributed by atoms with Crippen LogP contribution in [0.15, 0.2) is 24.3 Å². The molecule has 1 aromatic carbocycles. The molecule has 0 spiro atoms. The van der Waals surface area contributed by atoms with E-state index in [1.165, 1.54) is 5.69 Å². The summed E-state index contributed by atoms with van der Waals surface area (Å²) < 4.78 is 0. The second-order valence-electron chi connectivity index (χ2n) is 5.02. The van der Waals surface area contributed by atoms with Crippen molar-refractivity contribution in [1.29, 1.82) is 5.26 Å². The van der Waals surface area contributed by atoms with Gasteiger partial charge in [-0.15, -0.1) is 0 Å². The fraction of sp³-hybridized carbons (Fsp3) is 0.462. The van der Waals surface area contributed by atoms with Crippen molar-refractivity contribution >= 4 is 5.69 Å². The zero-order chi connectivity index (χ0) is 10.9. The molecular weight excluding hydrogens is 184 g/mol. The largest absolute Gasteiger partial charge is 0.370 e. The maximum Gasteiger partial charge on any atom is 0.0669 e. The maximum atomic E-state index is 8.56. The molecule has 0 N–H and O–H groups in total. The second kappa shape index (κ2) is 3.58. The van der Waals surface area contributed by atoms with Gasteiger partial charge in [0.2, 0.25) is 0 Å². The molecule has 78 valence electrons. The van der Waals surface area contributed by atoms with Gasteiger partial charge < -0.3 is 4.90 Å². The molecule has 2 rings (SSSR count). The molecule has 0 saturated carbocycles. The van der Waals surface area contributed by atoms with E-state index in [0.717, 1.165) is 18.7 Å². The Kier molecular flexibility index (Phi) is 2.40. The molecule has 1 fully saturated rings. The Labute approximate surface area is 91.1 Å². The standard InChI is InChI=1S/C13H16N2/c1-13(2)9-15(10-13)12-5-3-11(4-6-12)7-8-14/h3-6H,7,9-10H2,1-2H3. The summed E-state index contributed by atoms with van der Waals surface area (Å²) in [5, 5.41) is 8.56. The van der Waals surface area contributed by atoms with E-state index in [1.807, 2.05) is 12.1 Å². The molecular formula is C13H16N2. The third kappa shape index (κ3) is 2.12. The van der Waals surface area contributed by atoms with Gasteiger partial charge in [0.05, 0.1) is 12.5 Å².